The summed E-state index contributed by atoms with van der Waals surface area (Å²) in [7, 11) is 0. The number of carbonyl (C=O) groups excluding carboxylic acids is 1. The summed E-state index contributed by atoms with van der Waals surface area (Å²) in [5.74, 6) is 1.24. The maximum absolute atomic E-state index is 12.7. The van der Waals surface area contributed by atoms with Crippen molar-refractivity contribution in [3.05, 3.63) is 66.9 Å². The Morgan fingerprint density at radius 1 is 1.11 bits per heavy atom. The number of nitrogens with zero attached hydrogens (tertiary/aromatic N) is 4. The lowest BCUT2D eigenvalue weighted by Crippen LogP contribution is -2.21. The third-order valence-corrected chi connectivity index (χ3v) is 4.70. The van der Waals surface area contributed by atoms with E-state index < -0.39 is 0 Å². The second kappa shape index (κ2) is 8.56. The minimum atomic E-state index is -0.244. The van der Waals surface area contributed by atoms with Gasteiger partial charge < -0.3 is 19.5 Å². The zero-order valence-electron chi connectivity index (χ0n) is 15.6. The van der Waals surface area contributed by atoms with Gasteiger partial charge in [-0.05, 0) is 37.1 Å². The summed E-state index contributed by atoms with van der Waals surface area (Å²) >= 11 is 0. The molecular weight excluding hydrogens is 354 g/mol. The molecule has 1 fully saturated rings. The molecule has 1 amide bonds. The molecule has 0 aliphatic carbocycles. The zero-order chi connectivity index (χ0) is 19.2. The Labute approximate surface area is 164 Å². The number of carbonyl (C=O) groups is 1. The van der Waals surface area contributed by atoms with E-state index in [9.17, 15) is 4.79 Å². The van der Waals surface area contributed by atoms with Crippen LogP contribution in [0.2, 0.25) is 0 Å². The van der Waals surface area contributed by atoms with Crippen molar-refractivity contribution in [3.8, 4) is 5.75 Å². The molecule has 3 heterocycles. The fraction of sp³-hybridized carbons (Fsp3) is 0.286. The Bertz CT molecular complexity index is 920. The predicted molar refractivity (Wildman–Crippen MR) is 108 cm³/mol. The van der Waals surface area contributed by atoms with Gasteiger partial charge >= 0.3 is 0 Å². The standard InChI is InChI=1S/C21H23N5O2/c27-21(18-7-5-9-20(23-18)26-11-3-4-12-26)24-17-6-1-2-8-19(17)28-15-14-25-13-10-22-16-25/h1-2,5-10,13,16H,3-4,11-12,14-15H2,(H,24,27). The largest absolute Gasteiger partial charge is 0.490 e. The molecule has 4 rings (SSSR count). The van der Waals surface area contributed by atoms with Crippen LogP contribution in [0, 0.1) is 0 Å². The van der Waals surface area contributed by atoms with Crippen molar-refractivity contribution in [1.29, 1.82) is 0 Å². The number of benzene rings is 1. The molecule has 28 heavy (non-hydrogen) atoms. The molecule has 1 saturated heterocycles. The normalized spacial score (nSPS) is 13.5. The lowest BCUT2D eigenvalue weighted by molar-refractivity contribution is 0.102. The number of hydrogen-bond donors (Lipinski definition) is 1. The first-order chi connectivity index (χ1) is 13.8. The molecule has 0 unspecified atom stereocenters. The van der Waals surface area contributed by atoms with Gasteiger partial charge in [0.2, 0.25) is 0 Å². The Morgan fingerprint density at radius 2 is 1.96 bits per heavy atom. The van der Waals surface area contributed by atoms with Gasteiger partial charge in [-0.3, -0.25) is 4.79 Å². The first-order valence-electron chi connectivity index (χ1n) is 9.50. The van der Waals surface area contributed by atoms with Gasteiger partial charge in [0.25, 0.3) is 5.91 Å². The number of para-hydroxylation sites is 2. The van der Waals surface area contributed by atoms with Gasteiger partial charge in [0.15, 0.2) is 0 Å². The summed E-state index contributed by atoms with van der Waals surface area (Å²) in [5, 5.41) is 2.92. The summed E-state index contributed by atoms with van der Waals surface area (Å²) in [6, 6.07) is 13.0. The van der Waals surface area contributed by atoms with E-state index in [1.165, 1.54) is 12.8 Å². The van der Waals surface area contributed by atoms with Crippen LogP contribution in [0.3, 0.4) is 0 Å². The molecule has 3 aromatic rings. The number of ether oxygens (including phenoxy) is 1. The number of nitrogens with one attached hydrogen (secondary N) is 1. The first-order valence-corrected chi connectivity index (χ1v) is 9.50. The van der Waals surface area contributed by atoms with Crippen LogP contribution in [0.5, 0.6) is 5.75 Å². The highest BCUT2D eigenvalue weighted by atomic mass is 16.5. The van der Waals surface area contributed by atoms with Crippen LogP contribution in [0.4, 0.5) is 11.5 Å². The predicted octanol–water partition coefficient (Wildman–Crippen LogP) is 3.21. The van der Waals surface area contributed by atoms with Crippen molar-refractivity contribution in [3.63, 3.8) is 0 Å². The van der Waals surface area contributed by atoms with Crippen molar-refractivity contribution in [1.82, 2.24) is 14.5 Å². The van der Waals surface area contributed by atoms with Gasteiger partial charge in [-0.25, -0.2) is 9.97 Å². The van der Waals surface area contributed by atoms with E-state index in [1.54, 1.807) is 18.6 Å². The molecule has 0 bridgehead atoms. The van der Waals surface area contributed by atoms with Crippen LogP contribution in [0.15, 0.2) is 61.2 Å². The minimum Gasteiger partial charge on any atom is -0.490 e. The van der Waals surface area contributed by atoms with Crippen molar-refractivity contribution in [2.24, 2.45) is 0 Å². The third-order valence-electron chi connectivity index (χ3n) is 4.70. The van der Waals surface area contributed by atoms with Crippen molar-refractivity contribution in [2.45, 2.75) is 19.4 Å². The highest BCUT2D eigenvalue weighted by molar-refractivity contribution is 6.03. The summed E-state index contributed by atoms with van der Waals surface area (Å²) < 4.78 is 7.80. The summed E-state index contributed by atoms with van der Waals surface area (Å²) in [5.41, 5.74) is 1.03. The van der Waals surface area contributed by atoms with Crippen LogP contribution in [0.25, 0.3) is 0 Å². The zero-order valence-corrected chi connectivity index (χ0v) is 15.6. The van der Waals surface area contributed by atoms with E-state index in [4.69, 9.17) is 4.74 Å². The molecule has 144 valence electrons. The highest BCUT2D eigenvalue weighted by Crippen LogP contribution is 2.25. The summed E-state index contributed by atoms with van der Waals surface area (Å²) in [4.78, 5) is 23.5. The highest BCUT2D eigenvalue weighted by Gasteiger charge is 2.16. The molecule has 0 saturated carbocycles. The molecular formula is C21H23N5O2. The van der Waals surface area contributed by atoms with Gasteiger partial charge in [-0.2, -0.15) is 0 Å². The Balaban J connectivity index is 1.42. The van der Waals surface area contributed by atoms with E-state index in [1.807, 2.05) is 47.2 Å². The fourth-order valence-electron chi connectivity index (χ4n) is 3.23. The maximum atomic E-state index is 12.7. The van der Waals surface area contributed by atoms with E-state index in [0.717, 1.165) is 18.9 Å². The molecule has 0 radical (unpaired) electrons. The Morgan fingerprint density at radius 3 is 2.79 bits per heavy atom. The van der Waals surface area contributed by atoms with Gasteiger partial charge in [-0.1, -0.05) is 18.2 Å². The third kappa shape index (κ3) is 4.31. The number of pyridine rings is 1. The number of aromatic nitrogens is 3. The quantitative estimate of drug-likeness (QED) is 0.684. The van der Waals surface area contributed by atoms with Crippen LogP contribution in [-0.2, 0) is 6.54 Å². The molecule has 1 aromatic carbocycles. The number of hydrogen-bond acceptors (Lipinski definition) is 5. The molecule has 1 aliphatic rings. The van der Waals surface area contributed by atoms with E-state index in [0.29, 0.717) is 30.3 Å². The number of imidazole rings is 1. The second-order valence-electron chi connectivity index (χ2n) is 6.67. The van der Waals surface area contributed by atoms with Crippen LogP contribution >= 0.6 is 0 Å². The van der Waals surface area contributed by atoms with E-state index >= 15 is 0 Å². The number of anilines is 2. The number of amides is 1. The lowest BCUT2D eigenvalue weighted by Gasteiger charge is -2.17. The van der Waals surface area contributed by atoms with E-state index in [-0.39, 0.29) is 5.91 Å². The minimum absolute atomic E-state index is 0.244. The average Bonchev–Trinajstić information content (AvgIpc) is 3.44. The molecule has 0 spiro atoms. The van der Waals surface area contributed by atoms with Crippen molar-refractivity contribution >= 4 is 17.4 Å². The molecule has 2 aromatic heterocycles. The molecule has 1 aliphatic heterocycles. The summed E-state index contributed by atoms with van der Waals surface area (Å²) in [6.45, 7) is 3.14. The van der Waals surface area contributed by atoms with Crippen LogP contribution < -0.4 is 15.0 Å². The van der Waals surface area contributed by atoms with Crippen LogP contribution in [0.1, 0.15) is 23.3 Å². The van der Waals surface area contributed by atoms with Crippen molar-refractivity contribution < 1.29 is 9.53 Å². The first kappa shape index (κ1) is 18.0. The Kier molecular flexibility index (Phi) is 5.51. The average molecular weight is 377 g/mol. The molecule has 7 nitrogen and oxygen atoms in total. The molecule has 0 atom stereocenters. The number of rotatable bonds is 7. The fourth-order valence-corrected chi connectivity index (χ4v) is 3.23. The van der Waals surface area contributed by atoms with Gasteiger partial charge in [0.1, 0.15) is 23.9 Å². The van der Waals surface area contributed by atoms with Crippen LogP contribution in [-0.4, -0.2) is 40.1 Å². The second-order valence-corrected chi connectivity index (χ2v) is 6.67. The van der Waals surface area contributed by atoms with Crippen molar-refractivity contribution in [2.75, 3.05) is 29.9 Å². The van der Waals surface area contributed by atoms with Gasteiger partial charge in [0, 0.05) is 25.5 Å². The SMILES string of the molecule is O=C(Nc1ccccc1OCCn1ccnc1)c1cccc(N2CCCC2)n1. The molecule has 1 N–H and O–H groups in total. The summed E-state index contributed by atoms with van der Waals surface area (Å²) in [6.07, 6.45) is 7.70. The lowest BCUT2D eigenvalue weighted by atomic mass is 10.2. The van der Waals surface area contributed by atoms with Gasteiger partial charge in [0.05, 0.1) is 18.6 Å². The monoisotopic (exact) mass is 377 g/mol. The van der Waals surface area contributed by atoms with E-state index in [2.05, 4.69) is 20.2 Å². The Hall–Kier alpha value is -3.35. The smallest absolute Gasteiger partial charge is 0.274 e. The molecule has 7 heteroatoms. The maximum Gasteiger partial charge on any atom is 0.274 e. The topological polar surface area (TPSA) is 72.3 Å². The van der Waals surface area contributed by atoms with Gasteiger partial charge in [-0.15, -0.1) is 0 Å².